The van der Waals surface area contributed by atoms with Gasteiger partial charge in [0.2, 0.25) is 0 Å². The molecule has 152 valence electrons. The van der Waals surface area contributed by atoms with Crippen molar-refractivity contribution in [1.82, 2.24) is 0 Å². The lowest BCUT2D eigenvalue weighted by atomic mass is 9.94. The van der Waals surface area contributed by atoms with Crippen LogP contribution >= 0.6 is 11.8 Å². The summed E-state index contributed by atoms with van der Waals surface area (Å²) < 4.78 is 77.9. The van der Waals surface area contributed by atoms with Crippen LogP contribution in [0.2, 0.25) is 0 Å². The lowest BCUT2D eigenvalue weighted by molar-refractivity contribution is -0.148. The fourth-order valence-corrected chi connectivity index (χ4v) is 3.29. The van der Waals surface area contributed by atoms with E-state index >= 15 is 0 Å². The maximum absolute atomic E-state index is 13.2. The number of benzene rings is 1. The Kier molecular flexibility index (Phi) is 5.98. The molecule has 2 rings (SSSR count). The first kappa shape index (κ1) is 22.0. The van der Waals surface area contributed by atoms with Gasteiger partial charge in [0, 0.05) is 11.3 Å². The standard InChI is InChI=1S/C16H14F6N4OS/c1-3-28-11-4-8(7-23)9(15(17,18)19)5-10(11)24-13(27)14(2)6-12(25-26-14)16(20,21)22/h4-5,12H,3,6H2,1-2H3,(H,24,27). The van der Waals surface area contributed by atoms with Crippen LogP contribution in [0.3, 0.4) is 0 Å². The lowest BCUT2D eigenvalue weighted by Crippen LogP contribution is -2.40. The summed E-state index contributed by atoms with van der Waals surface area (Å²) in [6.07, 6.45) is -10.3. The number of carbonyl (C=O) groups is 1. The van der Waals surface area contributed by atoms with Crippen LogP contribution in [0.15, 0.2) is 27.3 Å². The molecule has 0 spiro atoms. The molecule has 1 heterocycles. The van der Waals surface area contributed by atoms with Crippen molar-refractivity contribution in [3.63, 3.8) is 0 Å². The van der Waals surface area contributed by atoms with Gasteiger partial charge in [-0.2, -0.15) is 41.8 Å². The average molecular weight is 424 g/mol. The van der Waals surface area contributed by atoms with Gasteiger partial charge in [-0.05, 0) is 24.8 Å². The highest BCUT2D eigenvalue weighted by Crippen LogP contribution is 2.40. The Morgan fingerprint density at radius 1 is 1.36 bits per heavy atom. The van der Waals surface area contributed by atoms with Crippen molar-refractivity contribution < 1.29 is 31.1 Å². The number of nitrogens with one attached hydrogen (secondary N) is 1. The molecular weight excluding hydrogens is 410 g/mol. The van der Waals surface area contributed by atoms with E-state index < -0.39 is 47.4 Å². The van der Waals surface area contributed by atoms with Gasteiger partial charge in [0.1, 0.15) is 0 Å². The SMILES string of the molecule is CCSc1cc(C#N)c(C(F)(F)F)cc1NC(=O)C1(C)CC(C(F)(F)F)N=N1. The third kappa shape index (κ3) is 4.57. The van der Waals surface area contributed by atoms with Crippen molar-refractivity contribution in [3.05, 3.63) is 23.3 Å². The second-order valence-electron chi connectivity index (χ2n) is 6.14. The van der Waals surface area contributed by atoms with E-state index in [1.807, 2.05) is 0 Å². The van der Waals surface area contributed by atoms with E-state index in [2.05, 4.69) is 15.5 Å². The molecule has 1 aliphatic heterocycles. The Labute approximate surface area is 160 Å². The van der Waals surface area contributed by atoms with Crippen LogP contribution in [0.4, 0.5) is 32.0 Å². The van der Waals surface area contributed by atoms with E-state index in [0.29, 0.717) is 11.8 Å². The van der Waals surface area contributed by atoms with Gasteiger partial charge >= 0.3 is 12.4 Å². The Hall–Kier alpha value is -2.29. The zero-order valence-electron chi connectivity index (χ0n) is 14.6. The number of anilines is 1. The first-order chi connectivity index (χ1) is 12.8. The molecule has 1 aromatic rings. The molecular formula is C16H14F6N4OS. The van der Waals surface area contributed by atoms with Crippen molar-refractivity contribution >= 4 is 23.4 Å². The number of hydrogen-bond acceptors (Lipinski definition) is 5. The van der Waals surface area contributed by atoms with Gasteiger partial charge in [0.05, 0.1) is 22.9 Å². The maximum atomic E-state index is 13.2. The summed E-state index contributed by atoms with van der Waals surface area (Å²) >= 11 is 1.07. The van der Waals surface area contributed by atoms with Crippen LogP contribution in [-0.4, -0.2) is 29.4 Å². The minimum absolute atomic E-state index is 0.186. The zero-order valence-corrected chi connectivity index (χ0v) is 15.4. The van der Waals surface area contributed by atoms with E-state index in [1.54, 1.807) is 6.92 Å². The molecule has 0 aromatic heterocycles. The highest BCUT2D eigenvalue weighted by Gasteiger charge is 2.51. The molecule has 0 bridgehead atoms. The first-order valence-corrected chi connectivity index (χ1v) is 8.88. The quantitative estimate of drug-likeness (QED) is 0.535. The van der Waals surface area contributed by atoms with Crippen LogP contribution in [0.25, 0.3) is 0 Å². The van der Waals surface area contributed by atoms with Gasteiger partial charge < -0.3 is 5.32 Å². The highest BCUT2D eigenvalue weighted by molar-refractivity contribution is 7.99. The van der Waals surface area contributed by atoms with Crippen LogP contribution in [-0.2, 0) is 11.0 Å². The summed E-state index contributed by atoms with van der Waals surface area (Å²) in [7, 11) is 0. The predicted molar refractivity (Wildman–Crippen MR) is 88.9 cm³/mol. The summed E-state index contributed by atoms with van der Waals surface area (Å²) in [6.45, 7) is 2.83. The smallest absolute Gasteiger partial charge is 0.323 e. The molecule has 28 heavy (non-hydrogen) atoms. The van der Waals surface area contributed by atoms with Crippen molar-refractivity contribution in [2.45, 2.75) is 49.1 Å². The third-order valence-electron chi connectivity index (χ3n) is 3.97. The Balaban J connectivity index is 2.38. The summed E-state index contributed by atoms with van der Waals surface area (Å²) in [5, 5.41) is 17.7. The number of thioether (sulfide) groups is 1. The largest absolute Gasteiger partial charge is 0.417 e. The molecule has 1 aliphatic rings. The number of alkyl halides is 6. The zero-order chi connectivity index (χ0) is 21.3. The molecule has 0 saturated heterocycles. The molecule has 0 fully saturated rings. The summed E-state index contributed by atoms with van der Waals surface area (Å²) in [5.41, 5.74) is -4.00. The molecule has 2 atom stereocenters. The molecule has 12 heteroatoms. The Morgan fingerprint density at radius 3 is 2.46 bits per heavy atom. The van der Waals surface area contributed by atoms with Crippen molar-refractivity contribution in [2.24, 2.45) is 10.2 Å². The monoisotopic (exact) mass is 424 g/mol. The van der Waals surface area contributed by atoms with Crippen LogP contribution in [0.5, 0.6) is 0 Å². The number of rotatable bonds is 4. The first-order valence-electron chi connectivity index (χ1n) is 7.90. The number of hydrogen-bond donors (Lipinski definition) is 1. The molecule has 0 aliphatic carbocycles. The number of nitriles is 1. The minimum atomic E-state index is -4.85. The molecule has 1 amide bonds. The number of carbonyl (C=O) groups excluding carboxylic acids is 1. The normalized spacial score (nSPS) is 22.2. The van der Waals surface area contributed by atoms with Gasteiger partial charge in [0.25, 0.3) is 5.91 Å². The number of azo groups is 1. The van der Waals surface area contributed by atoms with E-state index in [9.17, 15) is 31.1 Å². The molecule has 1 N–H and O–H groups in total. The van der Waals surface area contributed by atoms with Gasteiger partial charge in [-0.15, -0.1) is 11.8 Å². The molecule has 5 nitrogen and oxygen atoms in total. The number of amides is 1. The van der Waals surface area contributed by atoms with Crippen LogP contribution in [0, 0.1) is 11.3 Å². The number of halogens is 6. The molecule has 0 radical (unpaired) electrons. The Bertz CT molecular complexity index is 845. The topological polar surface area (TPSA) is 77.6 Å². The highest BCUT2D eigenvalue weighted by atomic mass is 32.2. The fraction of sp³-hybridized carbons (Fsp3) is 0.500. The summed E-state index contributed by atoms with van der Waals surface area (Å²) in [5.74, 6) is -0.592. The maximum Gasteiger partial charge on any atom is 0.417 e. The van der Waals surface area contributed by atoms with Gasteiger partial charge in [-0.3, -0.25) is 4.79 Å². The van der Waals surface area contributed by atoms with Crippen LogP contribution < -0.4 is 5.32 Å². The van der Waals surface area contributed by atoms with Gasteiger partial charge in [0.15, 0.2) is 11.6 Å². The second-order valence-corrected chi connectivity index (χ2v) is 7.45. The van der Waals surface area contributed by atoms with Crippen molar-refractivity contribution in [1.29, 1.82) is 5.26 Å². The molecule has 0 saturated carbocycles. The Morgan fingerprint density at radius 2 is 2.00 bits per heavy atom. The van der Waals surface area contributed by atoms with E-state index in [-0.39, 0.29) is 10.6 Å². The van der Waals surface area contributed by atoms with Crippen molar-refractivity contribution in [2.75, 3.05) is 11.1 Å². The van der Waals surface area contributed by atoms with Gasteiger partial charge in [-0.25, -0.2) is 0 Å². The van der Waals surface area contributed by atoms with Crippen LogP contribution in [0.1, 0.15) is 31.4 Å². The second kappa shape index (κ2) is 7.62. The van der Waals surface area contributed by atoms with E-state index in [1.165, 1.54) is 6.07 Å². The van der Waals surface area contributed by atoms with E-state index in [4.69, 9.17) is 5.26 Å². The van der Waals surface area contributed by atoms with E-state index in [0.717, 1.165) is 24.8 Å². The predicted octanol–water partition coefficient (Wildman–Crippen LogP) is 5.17. The number of nitrogens with zero attached hydrogens (tertiary/aromatic N) is 3. The summed E-state index contributed by atoms with van der Waals surface area (Å²) in [4.78, 5) is 12.7. The minimum Gasteiger partial charge on any atom is -0.323 e. The third-order valence-corrected chi connectivity index (χ3v) is 4.91. The molecule has 1 aromatic carbocycles. The average Bonchev–Trinajstić information content (AvgIpc) is 2.99. The fourth-order valence-electron chi connectivity index (χ4n) is 2.51. The van der Waals surface area contributed by atoms with Crippen molar-refractivity contribution in [3.8, 4) is 6.07 Å². The molecule has 2 unspecified atom stereocenters. The van der Waals surface area contributed by atoms with Gasteiger partial charge in [-0.1, -0.05) is 6.92 Å². The lowest BCUT2D eigenvalue weighted by Gasteiger charge is -2.22. The summed E-state index contributed by atoms with van der Waals surface area (Å²) in [6, 6.07) is 0.901.